The second-order valence-corrected chi connectivity index (χ2v) is 7.20. The van der Waals surface area contributed by atoms with Gasteiger partial charge in [0.15, 0.2) is 0 Å². The highest BCUT2D eigenvalue weighted by atomic mass is 16.1. The number of carbonyl (C=O) groups excluding carboxylic acids is 2. The van der Waals surface area contributed by atoms with Crippen molar-refractivity contribution in [3.05, 3.63) is 54.1 Å². The standard InChI is InChI=1S/C20H22N6O2/c21-19(28)17-6-9-24-20(25-17)26-11-15-14(16(15)12-26)5-8-23-18(27)4-3-13-2-1-7-22-10-13/h1-4,6-7,9-10,14-16H,5,8,11-12H2,(H2,21,28)(H,23,27)/b4-3+/t14?,15-,16+. The first-order valence-electron chi connectivity index (χ1n) is 9.35. The Labute approximate surface area is 162 Å². The van der Waals surface area contributed by atoms with Gasteiger partial charge >= 0.3 is 0 Å². The molecule has 3 atom stereocenters. The fourth-order valence-electron chi connectivity index (χ4n) is 3.95. The zero-order valence-corrected chi connectivity index (χ0v) is 15.4. The van der Waals surface area contributed by atoms with Gasteiger partial charge in [-0.2, -0.15) is 0 Å². The summed E-state index contributed by atoms with van der Waals surface area (Å²) in [7, 11) is 0. The molecule has 144 valence electrons. The second kappa shape index (κ2) is 7.75. The van der Waals surface area contributed by atoms with Crippen LogP contribution < -0.4 is 16.0 Å². The van der Waals surface area contributed by atoms with E-state index in [4.69, 9.17) is 5.73 Å². The Morgan fingerprint density at radius 3 is 2.79 bits per heavy atom. The fraction of sp³-hybridized carbons (Fsp3) is 0.350. The first-order valence-corrected chi connectivity index (χ1v) is 9.35. The van der Waals surface area contributed by atoms with Crippen molar-refractivity contribution in [2.45, 2.75) is 6.42 Å². The molecular weight excluding hydrogens is 356 g/mol. The Bertz CT molecular complexity index is 889. The molecule has 8 nitrogen and oxygen atoms in total. The molecule has 2 aromatic heterocycles. The number of aromatic nitrogens is 3. The summed E-state index contributed by atoms with van der Waals surface area (Å²) in [6, 6.07) is 5.26. The molecule has 0 radical (unpaired) electrons. The van der Waals surface area contributed by atoms with E-state index in [9.17, 15) is 9.59 Å². The van der Waals surface area contributed by atoms with E-state index < -0.39 is 5.91 Å². The third-order valence-electron chi connectivity index (χ3n) is 5.44. The number of anilines is 1. The summed E-state index contributed by atoms with van der Waals surface area (Å²) in [5.74, 6) is 1.76. The lowest BCUT2D eigenvalue weighted by molar-refractivity contribution is -0.116. The topological polar surface area (TPSA) is 114 Å². The molecule has 1 aliphatic carbocycles. The SMILES string of the molecule is NC(=O)c1ccnc(N2C[C@@H]3C(CCNC(=O)/C=C/c4cccnc4)[C@@H]3C2)n1. The lowest BCUT2D eigenvalue weighted by Gasteiger charge is -2.19. The van der Waals surface area contributed by atoms with Gasteiger partial charge in [0.1, 0.15) is 5.69 Å². The van der Waals surface area contributed by atoms with Crippen molar-refractivity contribution < 1.29 is 9.59 Å². The lowest BCUT2D eigenvalue weighted by Crippen LogP contribution is -2.28. The summed E-state index contributed by atoms with van der Waals surface area (Å²) in [6.45, 7) is 2.43. The quantitative estimate of drug-likeness (QED) is 0.691. The zero-order chi connectivity index (χ0) is 19.5. The molecule has 1 unspecified atom stereocenters. The van der Waals surface area contributed by atoms with Gasteiger partial charge in [0, 0.05) is 44.3 Å². The zero-order valence-electron chi connectivity index (χ0n) is 15.4. The van der Waals surface area contributed by atoms with E-state index in [-0.39, 0.29) is 11.6 Å². The number of nitrogens with two attached hydrogens (primary N) is 1. The monoisotopic (exact) mass is 378 g/mol. The molecule has 3 N–H and O–H groups in total. The average molecular weight is 378 g/mol. The Balaban J connectivity index is 1.20. The van der Waals surface area contributed by atoms with Gasteiger partial charge in [0.25, 0.3) is 5.91 Å². The third-order valence-corrected chi connectivity index (χ3v) is 5.44. The third kappa shape index (κ3) is 4.00. The van der Waals surface area contributed by atoms with E-state index in [1.165, 1.54) is 12.1 Å². The number of fused-ring (bicyclic) bond motifs is 1. The molecule has 1 saturated carbocycles. The molecule has 28 heavy (non-hydrogen) atoms. The highest BCUT2D eigenvalue weighted by Crippen LogP contribution is 2.53. The molecular formula is C20H22N6O2. The fourth-order valence-corrected chi connectivity index (χ4v) is 3.95. The molecule has 3 heterocycles. The lowest BCUT2D eigenvalue weighted by atomic mass is 10.2. The number of carbonyl (C=O) groups is 2. The molecule has 2 aliphatic rings. The van der Waals surface area contributed by atoms with Crippen LogP contribution in [0.25, 0.3) is 6.08 Å². The van der Waals surface area contributed by atoms with Crippen LogP contribution in [0.4, 0.5) is 5.95 Å². The van der Waals surface area contributed by atoms with Crippen molar-refractivity contribution in [1.29, 1.82) is 0 Å². The number of piperidine rings is 1. The van der Waals surface area contributed by atoms with Gasteiger partial charge in [-0.1, -0.05) is 6.07 Å². The van der Waals surface area contributed by atoms with E-state index in [1.54, 1.807) is 24.7 Å². The van der Waals surface area contributed by atoms with Gasteiger partial charge in [-0.15, -0.1) is 0 Å². The summed E-state index contributed by atoms with van der Waals surface area (Å²) < 4.78 is 0. The molecule has 1 aliphatic heterocycles. The normalized spacial score (nSPS) is 22.9. The van der Waals surface area contributed by atoms with E-state index in [2.05, 4.69) is 25.2 Å². The number of primary amides is 1. The van der Waals surface area contributed by atoms with Gasteiger partial charge < -0.3 is 16.0 Å². The smallest absolute Gasteiger partial charge is 0.267 e. The van der Waals surface area contributed by atoms with Crippen molar-refractivity contribution in [3.63, 3.8) is 0 Å². The van der Waals surface area contributed by atoms with Crippen LogP contribution in [0.5, 0.6) is 0 Å². The highest BCUT2D eigenvalue weighted by molar-refractivity contribution is 5.91. The van der Waals surface area contributed by atoms with Crippen LogP contribution in [0.2, 0.25) is 0 Å². The van der Waals surface area contributed by atoms with E-state index in [0.717, 1.165) is 25.1 Å². The number of pyridine rings is 1. The van der Waals surface area contributed by atoms with Crippen LogP contribution in [-0.4, -0.2) is 46.4 Å². The van der Waals surface area contributed by atoms with Crippen LogP contribution in [0, 0.1) is 17.8 Å². The van der Waals surface area contributed by atoms with E-state index in [0.29, 0.717) is 30.2 Å². The highest BCUT2D eigenvalue weighted by Gasteiger charge is 2.55. The van der Waals surface area contributed by atoms with Crippen molar-refractivity contribution in [2.75, 3.05) is 24.5 Å². The molecule has 0 spiro atoms. The number of nitrogens with one attached hydrogen (secondary N) is 1. The molecule has 4 rings (SSSR count). The van der Waals surface area contributed by atoms with E-state index in [1.807, 2.05) is 12.1 Å². The van der Waals surface area contributed by atoms with Crippen LogP contribution in [0.3, 0.4) is 0 Å². The Morgan fingerprint density at radius 1 is 1.25 bits per heavy atom. The number of amides is 2. The summed E-state index contributed by atoms with van der Waals surface area (Å²) >= 11 is 0. The van der Waals surface area contributed by atoms with Crippen LogP contribution in [0.1, 0.15) is 22.5 Å². The maximum atomic E-state index is 11.9. The van der Waals surface area contributed by atoms with Gasteiger partial charge in [-0.3, -0.25) is 14.6 Å². The van der Waals surface area contributed by atoms with Crippen LogP contribution >= 0.6 is 0 Å². The minimum Gasteiger partial charge on any atom is -0.364 e. The Morgan fingerprint density at radius 2 is 2.07 bits per heavy atom. The summed E-state index contributed by atoms with van der Waals surface area (Å²) in [6.07, 6.45) is 9.24. The molecule has 8 heteroatoms. The van der Waals surface area contributed by atoms with Crippen LogP contribution in [-0.2, 0) is 4.79 Å². The summed E-state index contributed by atoms with van der Waals surface area (Å²) in [5, 5.41) is 2.94. The van der Waals surface area contributed by atoms with Gasteiger partial charge in [-0.25, -0.2) is 9.97 Å². The van der Waals surface area contributed by atoms with Crippen LogP contribution in [0.15, 0.2) is 42.9 Å². The van der Waals surface area contributed by atoms with Crippen molar-refractivity contribution in [2.24, 2.45) is 23.5 Å². The summed E-state index contributed by atoms with van der Waals surface area (Å²) in [5.41, 5.74) is 6.42. The first-order chi connectivity index (χ1) is 13.6. The predicted octanol–water partition coefficient (Wildman–Crippen LogP) is 0.872. The molecule has 2 fully saturated rings. The molecule has 2 aromatic rings. The molecule has 0 bridgehead atoms. The van der Waals surface area contributed by atoms with Gasteiger partial charge in [0.2, 0.25) is 11.9 Å². The number of hydrogen-bond acceptors (Lipinski definition) is 6. The maximum Gasteiger partial charge on any atom is 0.267 e. The first kappa shape index (κ1) is 18.1. The second-order valence-electron chi connectivity index (χ2n) is 7.20. The average Bonchev–Trinajstić information content (AvgIpc) is 3.16. The van der Waals surface area contributed by atoms with Gasteiger partial charge in [-0.05, 0) is 47.9 Å². The van der Waals surface area contributed by atoms with Crippen molar-refractivity contribution in [1.82, 2.24) is 20.3 Å². The van der Waals surface area contributed by atoms with Crippen molar-refractivity contribution in [3.8, 4) is 0 Å². The summed E-state index contributed by atoms with van der Waals surface area (Å²) in [4.78, 5) is 37.8. The molecule has 0 aromatic carbocycles. The maximum absolute atomic E-state index is 11.9. The number of hydrogen-bond donors (Lipinski definition) is 2. The predicted molar refractivity (Wildman–Crippen MR) is 104 cm³/mol. The van der Waals surface area contributed by atoms with E-state index >= 15 is 0 Å². The Kier molecular flexibility index (Phi) is 5.01. The largest absolute Gasteiger partial charge is 0.364 e. The number of nitrogens with zero attached hydrogens (tertiary/aromatic N) is 4. The minimum absolute atomic E-state index is 0.0899. The Hall–Kier alpha value is -3.29. The van der Waals surface area contributed by atoms with Crippen molar-refractivity contribution >= 4 is 23.8 Å². The molecule has 1 saturated heterocycles. The molecule has 2 amide bonds. The number of rotatable bonds is 7. The van der Waals surface area contributed by atoms with Gasteiger partial charge in [0.05, 0.1) is 0 Å². The minimum atomic E-state index is -0.542.